The molecule has 7 heteroatoms. The summed E-state index contributed by atoms with van der Waals surface area (Å²) >= 11 is 0. The van der Waals surface area contributed by atoms with Crippen molar-refractivity contribution in [3.63, 3.8) is 0 Å². The highest BCUT2D eigenvalue weighted by Gasteiger charge is 2.30. The number of nitrogens with zero attached hydrogens (tertiary/aromatic N) is 2. The molecule has 1 aliphatic heterocycles. The highest BCUT2D eigenvalue weighted by molar-refractivity contribution is 6.17. The number of nitrogens with one attached hydrogen (secondary N) is 1. The highest BCUT2D eigenvalue weighted by atomic mass is 16.3. The molecule has 2 aromatic carbocycles. The molecule has 2 heterocycles. The first kappa shape index (κ1) is 16.0. The molecule has 0 saturated heterocycles. The summed E-state index contributed by atoms with van der Waals surface area (Å²) in [5, 5.41) is 11.9. The van der Waals surface area contributed by atoms with Crippen molar-refractivity contribution in [3.8, 4) is 11.5 Å². The van der Waals surface area contributed by atoms with E-state index in [4.69, 9.17) is 9.52 Å². The molecular weight excluding hydrogens is 334 g/mol. The average molecular weight is 349 g/mol. The number of rotatable bonds is 5. The summed E-state index contributed by atoms with van der Waals surface area (Å²) in [4.78, 5) is 29.5. The molecule has 26 heavy (non-hydrogen) atoms. The van der Waals surface area contributed by atoms with Crippen LogP contribution in [0.25, 0.3) is 22.6 Å². The lowest BCUT2D eigenvalue weighted by Crippen LogP contribution is -2.34. The highest BCUT2D eigenvalue weighted by Crippen LogP contribution is 2.27. The van der Waals surface area contributed by atoms with E-state index >= 15 is 0 Å². The van der Waals surface area contributed by atoms with Crippen LogP contribution in [0.4, 0.5) is 5.69 Å². The lowest BCUT2D eigenvalue weighted by Gasteiger charge is -2.13. The van der Waals surface area contributed by atoms with Crippen molar-refractivity contribution in [1.82, 2.24) is 9.88 Å². The van der Waals surface area contributed by atoms with E-state index in [2.05, 4.69) is 10.3 Å². The summed E-state index contributed by atoms with van der Waals surface area (Å²) < 4.78 is 5.76. The number of fused-ring (bicyclic) bond motifs is 1. The molecular formula is C19H15N3O4. The minimum Gasteiger partial charge on any atom is -0.436 e. The number of amides is 2. The molecule has 0 saturated carbocycles. The fourth-order valence-electron chi connectivity index (χ4n) is 2.77. The molecule has 4 rings (SSSR count). The standard InChI is InChI=1S/C19H15N3O4/c23-9-8-22-17(24)11-15(19(22)25)20-13-6-7-16-14(10-13)21-18(26-16)12-4-2-1-3-5-12/h1-7,10-11,20,23H,8-9H2. The van der Waals surface area contributed by atoms with Crippen molar-refractivity contribution in [3.05, 3.63) is 60.3 Å². The molecule has 7 nitrogen and oxygen atoms in total. The quantitative estimate of drug-likeness (QED) is 0.685. The molecule has 0 spiro atoms. The Kier molecular flexibility index (Phi) is 3.98. The van der Waals surface area contributed by atoms with Crippen LogP contribution >= 0.6 is 0 Å². The molecule has 2 N–H and O–H groups in total. The Bertz CT molecular complexity index is 1020. The smallest absolute Gasteiger partial charge is 0.277 e. The van der Waals surface area contributed by atoms with Gasteiger partial charge in [-0.1, -0.05) is 18.2 Å². The number of benzene rings is 2. The third-order valence-electron chi connectivity index (χ3n) is 4.02. The second kappa shape index (κ2) is 6.45. The molecule has 1 aliphatic rings. The zero-order valence-corrected chi connectivity index (χ0v) is 13.7. The van der Waals surface area contributed by atoms with Gasteiger partial charge in [0.2, 0.25) is 5.89 Å². The van der Waals surface area contributed by atoms with Gasteiger partial charge in [0.05, 0.1) is 13.2 Å². The number of carbonyl (C=O) groups is 2. The van der Waals surface area contributed by atoms with E-state index < -0.39 is 11.8 Å². The van der Waals surface area contributed by atoms with Crippen LogP contribution in [-0.2, 0) is 9.59 Å². The summed E-state index contributed by atoms with van der Waals surface area (Å²) in [5.74, 6) is -0.395. The van der Waals surface area contributed by atoms with Gasteiger partial charge in [-0.15, -0.1) is 0 Å². The molecule has 2 amide bonds. The van der Waals surface area contributed by atoms with Gasteiger partial charge in [0.15, 0.2) is 5.58 Å². The Morgan fingerprint density at radius 3 is 2.69 bits per heavy atom. The Hall–Kier alpha value is -3.45. The zero-order chi connectivity index (χ0) is 18.1. The van der Waals surface area contributed by atoms with Gasteiger partial charge in [-0.3, -0.25) is 14.5 Å². The molecule has 0 unspecified atom stereocenters. The van der Waals surface area contributed by atoms with Gasteiger partial charge in [0.1, 0.15) is 11.2 Å². The van der Waals surface area contributed by atoms with Crippen molar-refractivity contribution in [2.75, 3.05) is 18.5 Å². The van der Waals surface area contributed by atoms with Crippen LogP contribution in [0.15, 0.2) is 64.7 Å². The summed E-state index contributed by atoms with van der Waals surface area (Å²) in [6, 6.07) is 14.8. The summed E-state index contributed by atoms with van der Waals surface area (Å²) in [6.45, 7) is -0.298. The lowest BCUT2D eigenvalue weighted by atomic mass is 10.2. The van der Waals surface area contributed by atoms with Crippen molar-refractivity contribution < 1.29 is 19.1 Å². The molecule has 0 radical (unpaired) electrons. The van der Waals surface area contributed by atoms with Crippen LogP contribution in [0.5, 0.6) is 0 Å². The van der Waals surface area contributed by atoms with Crippen LogP contribution in [0.3, 0.4) is 0 Å². The normalized spacial score (nSPS) is 14.2. The van der Waals surface area contributed by atoms with E-state index in [1.54, 1.807) is 18.2 Å². The predicted octanol–water partition coefficient (Wildman–Crippen LogP) is 2.15. The van der Waals surface area contributed by atoms with Gasteiger partial charge in [0, 0.05) is 17.3 Å². The van der Waals surface area contributed by atoms with Crippen LogP contribution in [0.2, 0.25) is 0 Å². The first-order chi connectivity index (χ1) is 12.7. The van der Waals surface area contributed by atoms with Crippen LogP contribution in [-0.4, -0.2) is 40.0 Å². The molecule has 3 aromatic rings. The van der Waals surface area contributed by atoms with Crippen LogP contribution in [0, 0.1) is 0 Å². The molecule has 0 aliphatic carbocycles. The SMILES string of the molecule is O=C1C=C(Nc2ccc3oc(-c4ccccc4)nc3c2)C(=O)N1CCO. The number of hydrogen-bond donors (Lipinski definition) is 2. The number of hydrogen-bond acceptors (Lipinski definition) is 6. The zero-order valence-electron chi connectivity index (χ0n) is 13.7. The fourth-order valence-corrected chi connectivity index (χ4v) is 2.77. The molecule has 130 valence electrons. The molecule has 0 atom stereocenters. The van der Waals surface area contributed by atoms with Gasteiger partial charge in [-0.05, 0) is 30.3 Å². The maximum absolute atomic E-state index is 12.2. The van der Waals surface area contributed by atoms with Crippen LogP contribution < -0.4 is 5.32 Å². The second-order valence-corrected chi connectivity index (χ2v) is 5.77. The Balaban J connectivity index is 1.59. The maximum atomic E-state index is 12.2. The van der Waals surface area contributed by atoms with Crippen molar-refractivity contribution >= 4 is 28.6 Å². The van der Waals surface area contributed by atoms with E-state index in [1.807, 2.05) is 30.3 Å². The number of aliphatic hydroxyl groups is 1. The summed E-state index contributed by atoms with van der Waals surface area (Å²) in [6.07, 6.45) is 1.22. The van der Waals surface area contributed by atoms with Crippen molar-refractivity contribution in [1.29, 1.82) is 0 Å². The lowest BCUT2D eigenvalue weighted by molar-refractivity contribution is -0.137. The minimum absolute atomic E-state index is 0.0257. The van der Waals surface area contributed by atoms with E-state index in [0.717, 1.165) is 10.5 Å². The first-order valence-corrected chi connectivity index (χ1v) is 8.07. The Morgan fingerprint density at radius 1 is 1.12 bits per heavy atom. The maximum Gasteiger partial charge on any atom is 0.277 e. The van der Waals surface area contributed by atoms with Crippen molar-refractivity contribution in [2.45, 2.75) is 0 Å². The summed E-state index contributed by atoms with van der Waals surface area (Å²) in [5.41, 5.74) is 2.91. The average Bonchev–Trinajstić information content (AvgIpc) is 3.19. The van der Waals surface area contributed by atoms with Gasteiger partial charge < -0.3 is 14.8 Å². The minimum atomic E-state index is -0.464. The largest absolute Gasteiger partial charge is 0.436 e. The number of aromatic nitrogens is 1. The number of aliphatic hydroxyl groups excluding tert-OH is 1. The number of β-amino-alcohol motifs (C(OH)–C–C–N with tert-alkyl or cyclic N) is 1. The number of imide groups is 1. The van der Waals surface area contributed by atoms with E-state index in [1.165, 1.54) is 6.08 Å². The topological polar surface area (TPSA) is 95.7 Å². The Morgan fingerprint density at radius 2 is 1.92 bits per heavy atom. The second-order valence-electron chi connectivity index (χ2n) is 5.77. The van der Waals surface area contributed by atoms with Gasteiger partial charge >= 0.3 is 0 Å². The molecule has 0 fully saturated rings. The van der Waals surface area contributed by atoms with E-state index in [0.29, 0.717) is 22.7 Å². The predicted molar refractivity (Wildman–Crippen MR) is 95.0 cm³/mol. The number of oxazole rings is 1. The van der Waals surface area contributed by atoms with Gasteiger partial charge in [-0.25, -0.2) is 4.98 Å². The van der Waals surface area contributed by atoms with Gasteiger partial charge in [0.25, 0.3) is 11.8 Å². The van der Waals surface area contributed by atoms with Gasteiger partial charge in [-0.2, -0.15) is 0 Å². The third kappa shape index (κ3) is 2.84. The monoisotopic (exact) mass is 349 g/mol. The fraction of sp³-hybridized carbons (Fsp3) is 0.105. The van der Waals surface area contributed by atoms with Crippen molar-refractivity contribution in [2.24, 2.45) is 0 Å². The number of carbonyl (C=O) groups excluding carboxylic acids is 2. The Labute approximate surface area is 148 Å². The van der Waals surface area contributed by atoms with E-state index in [-0.39, 0.29) is 18.8 Å². The summed E-state index contributed by atoms with van der Waals surface area (Å²) in [7, 11) is 0. The third-order valence-corrected chi connectivity index (χ3v) is 4.02. The van der Waals surface area contributed by atoms with Crippen LogP contribution in [0.1, 0.15) is 0 Å². The molecule has 0 bridgehead atoms. The van der Waals surface area contributed by atoms with E-state index in [9.17, 15) is 9.59 Å². The first-order valence-electron chi connectivity index (χ1n) is 8.07. The number of anilines is 1. The molecule has 1 aromatic heterocycles.